The Bertz CT molecular complexity index is 99.5. The first-order valence-corrected chi connectivity index (χ1v) is 35.2. The maximum absolute atomic E-state index is 2.39. The molecule has 0 aromatic carbocycles. The van der Waals surface area contributed by atoms with E-state index in [-0.39, 0.29) is 0 Å². The van der Waals surface area contributed by atoms with Gasteiger partial charge in [-0.3, -0.25) is 0 Å². The Labute approximate surface area is 194 Å². The average Bonchev–Trinajstić information content (AvgIpc) is 2.45. The first-order valence-electron chi connectivity index (χ1n) is 6.55. The molecule has 0 unspecified atom stereocenters. The molecule has 0 nitrogen and oxygen atoms in total. The third kappa shape index (κ3) is 38.6. The van der Waals surface area contributed by atoms with E-state index in [1.807, 2.05) is 0 Å². The summed E-state index contributed by atoms with van der Waals surface area (Å²) < 4.78 is 0. The second kappa shape index (κ2) is 35.2. The van der Waals surface area contributed by atoms with E-state index in [2.05, 4.69) is 116 Å². The number of halogens is 6. The van der Waals surface area contributed by atoms with Gasteiger partial charge in [0.1, 0.15) is 34.5 Å². The Kier molecular flexibility index (Phi) is 57.7. The predicted octanol–water partition coefficient (Wildman–Crippen LogP) is 0.880. The van der Waals surface area contributed by atoms with Gasteiger partial charge in [0.25, 0.3) is 0 Å². The molecule has 0 bridgehead atoms. The van der Waals surface area contributed by atoms with Crippen LogP contribution >= 0.6 is 74.5 Å². The summed E-state index contributed by atoms with van der Waals surface area (Å²) in [7, 11) is 1.51. The molecule has 0 N–H and O–H groups in total. The Hall–Kier alpha value is 5.08. The molecule has 0 amide bonds. The summed E-state index contributed by atoms with van der Waals surface area (Å²) >= 11 is 10.6. The maximum atomic E-state index is 2.39. The van der Waals surface area contributed by atoms with E-state index in [0.717, 1.165) is 21.8 Å². The van der Waals surface area contributed by atoms with Crippen molar-refractivity contribution in [2.45, 2.75) is 41.5 Å². The molecule has 0 saturated heterocycles. The van der Waals surface area contributed by atoms with Crippen LogP contribution in [0.1, 0.15) is 41.5 Å². The van der Waals surface area contributed by atoms with Crippen LogP contribution in [0.5, 0.6) is 0 Å². The molecular formula is C12H30I6S2. The standard InChI is InChI=1S/2C6H15S.2I3/c2*1-4-7(5-2)6-3;2*1-3-2/h2*4-6H2,1-3H3;;/q2*+1;2*-1. The molecule has 0 aliphatic rings. The fourth-order valence-electron chi connectivity index (χ4n) is 1.22. The van der Waals surface area contributed by atoms with Gasteiger partial charge in [0.05, 0.1) is 0 Å². The predicted molar refractivity (Wildman–Crippen MR) is 134 cm³/mol. The van der Waals surface area contributed by atoms with Gasteiger partial charge >= 0.3 is 101 Å². The van der Waals surface area contributed by atoms with Gasteiger partial charge in [-0.2, -0.15) is 0 Å². The van der Waals surface area contributed by atoms with Gasteiger partial charge in [0.2, 0.25) is 0 Å². The van der Waals surface area contributed by atoms with Crippen LogP contribution in [-0.2, 0) is 21.8 Å². The van der Waals surface area contributed by atoms with Crippen LogP contribution in [0.4, 0.5) is 0 Å². The first-order chi connectivity index (χ1) is 9.52. The second-order valence-electron chi connectivity index (χ2n) is 3.06. The first kappa shape index (κ1) is 32.7. The molecule has 0 spiro atoms. The molecule has 0 rings (SSSR count). The normalized spacial score (nSPS) is 9.40. The van der Waals surface area contributed by atoms with Crippen LogP contribution < -0.4 is 26.5 Å². The van der Waals surface area contributed by atoms with E-state index in [1.165, 1.54) is 34.5 Å². The van der Waals surface area contributed by atoms with Crippen molar-refractivity contribution in [2.75, 3.05) is 34.5 Å². The molecule has 132 valence electrons. The van der Waals surface area contributed by atoms with Crippen molar-refractivity contribution in [1.29, 1.82) is 0 Å². The van der Waals surface area contributed by atoms with Crippen LogP contribution in [0, 0.1) is 0 Å². The van der Waals surface area contributed by atoms with Crippen molar-refractivity contribution in [1.82, 2.24) is 0 Å². The van der Waals surface area contributed by atoms with Crippen molar-refractivity contribution < 1.29 is 26.5 Å². The van der Waals surface area contributed by atoms with Crippen LogP contribution in [-0.4, -0.2) is 34.5 Å². The van der Waals surface area contributed by atoms with Gasteiger partial charge < -0.3 is 0 Å². The summed E-state index contributed by atoms with van der Waals surface area (Å²) in [6.07, 6.45) is 0. The Morgan fingerprint density at radius 1 is 0.500 bits per heavy atom. The fraction of sp³-hybridized carbons (Fsp3) is 1.00. The monoisotopic (exact) mass is 1000 g/mol. The molecule has 0 radical (unpaired) electrons. The quantitative estimate of drug-likeness (QED) is 0.275. The zero-order chi connectivity index (χ0) is 16.8. The minimum atomic E-state index is 0.530. The number of rotatable bonds is 6. The average molecular weight is 1000 g/mol. The van der Waals surface area contributed by atoms with Gasteiger partial charge in [0.15, 0.2) is 0 Å². The van der Waals surface area contributed by atoms with Gasteiger partial charge in [-0.25, -0.2) is 0 Å². The molecule has 0 heterocycles. The summed E-state index contributed by atoms with van der Waals surface area (Å²) in [4.78, 5) is 0. The van der Waals surface area contributed by atoms with E-state index < -0.39 is 0 Å². The van der Waals surface area contributed by atoms with Crippen LogP contribution in [0.3, 0.4) is 0 Å². The zero-order valence-corrected chi connectivity index (χ0v) is 27.9. The summed E-state index contributed by atoms with van der Waals surface area (Å²) in [6.45, 7) is 13.6. The zero-order valence-electron chi connectivity index (χ0n) is 13.3. The molecule has 0 aliphatic carbocycles. The molecule has 20 heavy (non-hydrogen) atoms. The van der Waals surface area contributed by atoms with Crippen molar-refractivity contribution in [2.24, 2.45) is 0 Å². The third-order valence-corrected chi connectivity index (χ3v) is 7.35. The SMILES string of the molecule is CC[S+](CC)CC.CC[S+](CC)CC.I[I-]I.I[I-]I. The van der Waals surface area contributed by atoms with Gasteiger partial charge in [-0.05, 0) is 63.3 Å². The number of hydrogen-bond donors (Lipinski definition) is 0. The van der Waals surface area contributed by atoms with Crippen molar-refractivity contribution in [3.8, 4) is 0 Å². The molecule has 0 saturated carbocycles. The van der Waals surface area contributed by atoms with Crippen molar-refractivity contribution in [3.63, 3.8) is 0 Å². The molecule has 0 fully saturated rings. The summed E-state index contributed by atoms with van der Waals surface area (Å²) in [5.41, 5.74) is 0. The Morgan fingerprint density at radius 2 is 0.600 bits per heavy atom. The van der Waals surface area contributed by atoms with E-state index in [0.29, 0.717) is 26.5 Å². The Morgan fingerprint density at radius 3 is 0.600 bits per heavy atom. The van der Waals surface area contributed by atoms with E-state index in [4.69, 9.17) is 0 Å². The van der Waals surface area contributed by atoms with Crippen LogP contribution in [0.25, 0.3) is 0 Å². The molecule has 0 aromatic rings. The molecule has 0 atom stereocenters. The summed E-state index contributed by atoms with van der Waals surface area (Å²) in [6, 6.07) is 0. The van der Waals surface area contributed by atoms with Gasteiger partial charge in [0, 0.05) is 0 Å². The molecule has 0 aliphatic heterocycles. The topological polar surface area (TPSA) is 0 Å². The summed E-state index contributed by atoms with van der Waals surface area (Å²) in [5, 5.41) is 0. The summed E-state index contributed by atoms with van der Waals surface area (Å²) in [5.74, 6) is 8.29. The van der Waals surface area contributed by atoms with Crippen molar-refractivity contribution in [3.05, 3.63) is 0 Å². The van der Waals surface area contributed by atoms with Crippen LogP contribution in [0.2, 0.25) is 0 Å². The molecule has 0 aromatic heterocycles. The minimum absolute atomic E-state index is 0.530. The molecular weight excluding hydrogens is 970 g/mol. The third-order valence-electron chi connectivity index (χ3n) is 2.45. The number of hydrogen-bond acceptors (Lipinski definition) is 0. The van der Waals surface area contributed by atoms with Crippen molar-refractivity contribution >= 4 is 96.3 Å². The molecule has 8 heteroatoms. The van der Waals surface area contributed by atoms with Crippen LogP contribution in [0.15, 0.2) is 0 Å². The van der Waals surface area contributed by atoms with E-state index in [9.17, 15) is 0 Å². The van der Waals surface area contributed by atoms with Gasteiger partial charge in [-0.15, -0.1) is 0 Å². The van der Waals surface area contributed by atoms with E-state index in [1.54, 1.807) is 0 Å². The second-order valence-corrected chi connectivity index (χ2v) is 41.5. The Balaban J connectivity index is -0.0000000927. The van der Waals surface area contributed by atoms with E-state index >= 15 is 0 Å². The fourth-order valence-corrected chi connectivity index (χ4v) is 3.67. The van der Waals surface area contributed by atoms with Gasteiger partial charge in [-0.1, -0.05) is 0 Å².